The van der Waals surface area contributed by atoms with E-state index in [0.29, 0.717) is 0 Å². The molecule has 0 aromatic rings. The third kappa shape index (κ3) is 5.90. The van der Waals surface area contributed by atoms with Gasteiger partial charge in [-0.05, 0) is 12.5 Å². The molecule has 1 aliphatic carbocycles. The van der Waals surface area contributed by atoms with E-state index < -0.39 is 0 Å². The van der Waals surface area contributed by atoms with Crippen molar-refractivity contribution in [2.45, 2.75) is 0 Å². The fraction of sp³-hybridized carbons (Fsp3) is 0.250. The number of hydrogen-bond acceptors (Lipinski definition) is 1. The predicted molar refractivity (Wildman–Crippen MR) is 50.3 cm³/mol. The van der Waals surface area contributed by atoms with Crippen molar-refractivity contribution in [1.82, 2.24) is 0 Å². The number of rotatable bonds is 0. The standard InChI is InChI=1S/C6H4Cl.C2H6S/c7-6-4-2-1-3-5-6;1-3-2/h2-5H;1-2H3/q+1;. The lowest BCUT2D eigenvalue weighted by Crippen LogP contribution is -1.65. The predicted octanol–water partition coefficient (Wildman–Crippen LogP) is 3.02. The summed E-state index contributed by atoms with van der Waals surface area (Å²) < 4.78 is 0. The Bertz CT molecular complexity index is 157. The minimum absolute atomic E-state index is 0.763. The molecule has 2 heteroatoms. The van der Waals surface area contributed by atoms with E-state index in [2.05, 4.69) is 6.08 Å². The Kier molecular flexibility index (Phi) is 6.73. The minimum atomic E-state index is 0.763. The summed E-state index contributed by atoms with van der Waals surface area (Å²) in [6.45, 7) is 0. The molecule has 1 aliphatic rings. The SMILES string of the molecule is CSC.ClC1=CC=[C+]C=C1. The van der Waals surface area contributed by atoms with Gasteiger partial charge in [0.15, 0.2) is 5.03 Å². The second kappa shape index (κ2) is 6.88. The van der Waals surface area contributed by atoms with Crippen molar-refractivity contribution < 1.29 is 0 Å². The molecule has 0 aliphatic heterocycles. The third-order valence-corrected chi connectivity index (χ3v) is 0.930. The van der Waals surface area contributed by atoms with E-state index in [1.165, 1.54) is 0 Å². The summed E-state index contributed by atoms with van der Waals surface area (Å²) in [5.74, 6) is 0. The van der Waals surface area contributed by atoms with Gasteiger partial charge in [-0.25, -0.2) is 0 Å². The van der Waals surface area contributed by atoms with Gasteiger partial charge in [-0.2, -0.15) is 11.8 Å². The zero-order chi connectivity index (χ0) is 7.82. The molecule has 10 heavy (non-hydrogen) atoms. The van der Waals surface area contributed by atoms with E-state index in [1.807, 2.05) is 12.5 Å². The first-order chi connectivity index (χ1) is 4.81. The molecule has 0 aromatic carbocycles. The van der Waals surface area contributed by atoms with E-state index in [0.717, 1.165) is 5.03 Å². The Balaban J connectivity index is 0.000000236. The normalized spacial score (nSPS) is 12.9. The second-order valence-electron chi connectivity index (χ2n) is 1.63. The van der Waals surface area contributed by atoms with Crippen LogP contribution in [-0.2, 0) is 0 Å². The zero-order valence-electron chi connectivity index (χ0n) is 6.10. The van der Waals surface area contributed by atoms with Crippen molar-refractivity contribution in [2.24, 2.45) is 0 Å². The Morgan fingerprint density at radius 1 is 1.50 bits per heavy atom. The first-order valence-electron chi connectivity index (χ1n) is 2.83. The lowest BCUT2D eigenvalue weighted by Gasteiger charge is -1.75. The van der Waals surface area contributed by atoms with E-state index in [-0.39, 0.29) is 0 Å². The summed E-state index contributed by atoms with van der Waals surface area (Å²) in [5, 5.41) is 0.763. The van der Waals surface area contributed by atoms with Crippen LogP contribution in [0.5, 0.6) is 0 Å². The van der Waals surface area contributed by atoms with Gasteiger partial charge in [0, 0.05) is 6.08 Å². The van der Waals surface area contributed by atoms with Crippen LogP contribution in [0, 0.1) is 6.08 Å². The molecule has 0 saturated carbocycles. The fourth-order valence-electron chi connectivity index (χ4n) is 0.367. The summed E-state index contributed by atoms with van der Waals surface area (Å²) in [5.41, 5.74) is 0. The first kappa shape index (κ1) is 9.77. The van der Waals surface area contributed by atoms with E-state index in [1.54, 1.807) is 36.1 Å². The van der Waals surface area contributed by atoms with Crippen molar-refractivity contribution in [2.75, 3.05) is 12.5 Å². The third-order valence-electron chi connectivity index (χ3n) is 0.678. The maximum atomic E-state index is 5.52. The Morgan fingerprint density at radius 2 is 2.10 bits per heavy atom. The van der Waals surface area contributed by atoms with Gasteiger partial charge in [0.1, 0.15) is 12.2 Å². The summed E-state index contributed by atoms with van der Waals surface area (Å²) in [6, 6.07) is 0. The fourth-order valence-corrected chi connectivity index (χ4v) is 0.493. The van der Waals surface area contributed by atoms with Crippen molar-refractivity contribution in [3.05, 3.63) is 35.4 Å². The lowest BCUT2D eigenvalue weighted by atomic mass is 10.3. The largest absolute Gasteiger partial charge is 0.169 e. The Hall–Kier alpha value is -0.230. The molecular formula is C8H10ClS+. The van der Waals surface area contributed by atoms with Gasteiger partial charge in [0.2, 0.25) is 0 Å². The molecular weight excluding hydrogens is 164 g/mol. The molecule has 0 nitrogen and oxygen atoms in total. The monoisotopic (exact) mass is 173 g/mol. The smallest absolute Gasteiger partial charge is 0.151 e. The van der Waals surface area contributed by atoms with Crippen molar-refractivity contribution in [3.63, 3.8) is 0 Å². The highest BCUT2D eigenvalue weighted by atomic mass is 35.5. The number of halogens is 1. The van der Waals surface area contributed by atoms with E-state index >= 15 is 0 Å². The van der Waals surface area contributed by atoms with Crippen LogP contribution < -0.4 is 0 Å². The summed E-state index contributed by atoms with van der Waals surface area (Å²) in [6.07, 6.45) is 14.1. The average molecular weight is 174 g/mol. The topological polar surface area (TPSA) is 0 Å². The number of thioether (sulfide) groups is 1. The molecule has 0 fully saturated rings. The number of allylic oxidation sites excluding steroid dienone is 6. The van der Waals surface area contributed by atoms with Crippen molar-refractivity contribution in [3.8, 4) is 0 Å². The van der Waals surface area contributed by atoms with Gasteiger partial charge in [-0.15, -0.1) is 0 Å². The van der Waals surface area contributed by atoms with Crippen LogP contribution in [-0.4, -0.2) is 12.5 Å². The molecule has 0 heterocycles. The molecule has 54 valence electrons. The quantitative estimate of drug-likeness (QED) is 0.508. The molecule has 0 aromatic heterocycles. The molecule has 1 rings (SSSR count). The van der Waals surface area contributed by atoms with E-state index in [9.17, 15) is 0 Å². The minimum Gasteiger partial charge on any atom is -0.169 e. The van der Waals surface area contributed by atoms with Crippen LogP contribution in [0.2, 0.25) is 0 Å². The molecule has 0 unspecified atom stereocenters. The van der Waals surface area contributed by atoms with Crippen LogP contribution >= 0.6 is 23.4 Å². The van der Waals surface area contributed by atoms with Crippen molar-refractivity contribution in [1.29, 1.82) is 0 Å². The van der Waals surface area contributed by atoms with Crippen molar-refractivity contribution >= 4 is 23.4 Å². The first-order valence-corrected chi connectivity index (χ1v) is 4.84. The van der Waals surface area contributed by atoms with Gasteiger partial charge < -0.3 is 0 Å². The number of hydrogen-bond donors (Lipinski definition) is 0. The van der Waals surface area contributed by atoms with Crippen LogP contribution in [0.15, 0.2) is 29.3 Å². The molecule has 0 atom stereocenters. The van der Waals surface area contributed by atoms with Crippen LogP contribution in [0.3, 0.4) is 0 Å². The highest BCUT2D eigenvalue weighted by Crippen LogP contribution is 2.05. The van der Waals surface area contributed by atoms with Gasteiger partial charge in [-0.3, -0.25) is 0 Å². The summed E-state index contributed by atoms with van der Waals surface area (Å²) >= 11 is 7.27. The lowest BCUT2D eigenvalue weighted by molar-refractivity contribution is 1.72. The van der Waals surface area contributed by atoms with Crippen LogP contribution in [0.25, 0.3) is 0 Å². The zero-order valence-corrected chi connectivity index (χ0v) is 7.67. The molecule has 0 radical (unpaired) electrons. The second-order valence-corrected chi connectivity index (χ2v) is 2.88. The molecule has 0 bridgehead atoms. The van der Waals surface area contributed by atoms with Crippen LogP contribution in [0.4, 0.5) is 0 Å². The Morgan fingerprint density at radius 3 is 2.30 bits per heavy atom. The maximum Gasteiger partial charge on any atom is 0.151 e. The average Bonchev–Trinajstić information content (AvgIpc) is 1.91. The maximum absolute atomic E-state index is 5.52. The van der Waals surface area contributed by atoms with Gasteiger partial charge in [-0.1, -0.05) is 11.6 Å². The molecule has 0 amide bonds. The van der Waals surface area contributed by atoms with Gasteiger partial charge in [0.05, 0.1) is 12.2 Å². The van der Waals surface area contributed by atoms with Crippen LogP contribution in [0.1, 0.15) is 0 Å². The summed E-state index contributed by atoms with van der Waals surface area (Å²) in [4.78, 5) is 0. The molecule has 0 saturated heterocycles. The summed E-state index contributed by atoms with van der Waals surface area (Å²) in [7, 11) is 0. The van der Waals surface area contributed by atoms with E-state index in [4.69, 9.17) is 11.6 Å². The molecule has 0 N–H and O–H groups in total. The van der Waals surface area contributed by atoms with Gasteiger partial charge >= 0.3 is 0 Å². The highest BCUT2D eigenvalue weighted by Gasteiger charge is 1.93. The van der Waals surface area contributed by atoms with Gasteiger partial charge in [0.25, 0.3) is 0 Å². The highest BCUT2D eigenvalue weighted by molar-refractivity contribution is 7.97. The molecule has 0 spiro atoms. The Labute approximate surface area is 71.7 Å².